The number of para-hydroxylation sites is 1. The van der Waals surface area contributed by atoms with Crippen LogP contribution in [-0.4, -0.2) is 22.3 Å². The lowest BCUT2D eigenvalue weighted by Crippen LogP contribution is -1.92. The third kappa shape index (κ3) is 3.55. The topological polar surface area (TPSA) is 86.1 Å². The lowest BCUT2D eigenvalue weighted by molar-refractivity contribution is 0.415. The zero-order valence-corrected chi connectivity index (χ0v) is 16.9. The number of nitrogens with two attached hydrogens (primary N) is 1. The minimum Gasteiger partial charge on any atom is -0.497 e. The molecule has 0 saturated heterocycles. The number of rotatable bonds is 5. The van der Waals surface area contributed by atoms with Gasteiger partial charge < -0.3 is 15.2 Å². The van der Waals surface area contributed by atoms with Crippen LogP contribution in [0.4, 0.5) is 5.82 Å². The molecule has 152 valence electrons. The molecule has 31 heavy (non-hydrogen) atoms. The van der Waals surface area contributed by atoms with Crippen LogP contribution in [0.25, 0.3) is 33.3 Å². The Morgan fingerprint density at radius 3 is 2.32 bits per heavy atom. The van der Waals surface area contributed by atoms with Crippen molar-refractivity contribution in [3.05, 3.63) is 85.1 Å². The second kappa shape index (κ2) is 7.84. The second-order valence-corrected chi connectivity index (χ2v) is 7.05. The van der Waals surface area contributed by atoms with E-state index < -0.39 is 0 Å². The molecule has 0 bridgehead atoms. The number of ether oxygens (including phenoxy) is 2. The van der Waals surface area contributed by atoms with Gasteiger partial charge in [0.15, 0.2) is 5.82 Å². The van der Waals surface area contributed by atoms with E-state index in [0.29, 0.717) is 5.82 Å². The molecule has 0 spiro atoms. The number of methoxy groups -OCH3 is 1. The molecule has 0 fully saturated rings. The summed E-state index contributed by atoms with van der Waals surface area (Å²) < 4.78 is 11.2. The number of aromatic nitrogens is 3. The van der Waals surface area contributed by atoms with Crippen LogP contribution >= 0.6 is 0 Å². The molecular formula is C25H20N4O2. The Hall–Kier alpha value is -4.32. The normalized spacial score (nSPS) is 10.9. The van der Waals surface area contributed by atoms with Gasteiger partial charge >= 0.3 is 0 Å². The Kier molecular flexibility index (Phi) is 4.72. The minimum atomic E-state index is 0.432. The average molecular weight is 408 g/mol. The Bertz CT molecular complexity index is 1350. The number of benzene rings is 3. The van der Waals surface area contributed by atoms with Gasteiger partial charge in [0.2, 0.25) is 0 Å². The molecule has 0 amide bonds. The molecule has 5 rings (SSSR count). The number of pyridine rings is 1. The number of nitrogens with zero attached hydrogens (tertiary/aromatic N) is 2. The van der Waals surface area contributed by atoms with Crippen molar-refractivity contribution in [2.75, 3.05) is 12.8 Å². The van der Waals surface area contributed by atoms with E-state index in [2.05, 4.69) is 10.2 Å². The zero-order chi connectivity index (χ0) is 21.2. The van der Waals surface area contributed by atoms with Crippen LogP contribution in [0.5, 0.6) is 17.2 Å². The van der Waals surface area contributed by atoms with Crippen LogP contribution in [0.15, 0.2) is 85.1 Å². The van der Waals surface area contributed by atoms with Gasteiger partial charge in [0, 0.05) is 17.3 Å². The molecular weight excluding hydrogens is 388 g/mol. The van der Waals surface area contributed by atoms with E-state index in [4.69, 9.17) is 20.2 Å². The summed E-state index contributed by atoms with van der Waals surface area (Å²) in [4.78, 5) is 4.72. The van der Waals surface area contributed by atoms with Crippen LogP contribution in [0.2, 0.25) is 0 Å². The molecule has 0 aliphatic rings. The third-order valence-electron chi connectivity index (χ3n) is 5.11. The molecule has 0 aliphatic heterocycles. The lowest BCUT2D eigenvalue weighted by Gasteiger charge is -2.10. The zero-order valence-electron chi connectivity index (χ0n) is 16.9. The first-order valence-electron chi connectivity index (χ1n) is 9.83. The fourth-order valence-corrected chi connectivity index (χ4v) is 3.59. The monoisotopic (exact) mass is 408 g/mol. The lowest BCUT2D eigenvalue weighted by atomic mass is 10.0. The molecule has 0 radical (unpaired) electrons. The highest BCUT2D eigenvalue weighted by Crippen LogP contribution is 2.37. The molecule has 2 heterocycles. The van der Waals surface area contributed by atoms with Crippen molar-refractivity contribution >= 4 is 16.7 Å². The van der Waals surface area contributed by atoms with Crippen molar-refractivity contribution in [2.24, 2.45) is 0 Å². The van der Waals surface area contributed by atoms with Gasteiger partial charge in [-0.2, -0.15) is 5.10 Å². The van der Waals surface area contributed by atoms with Crippen LogP contribution in [0, 0.1) is 0 Å². The van der Waals surface area contributed by atoms with Crippen molar-refractivity contribution in [1.82, 2.24) is 15.2 Å². The van der Waals surface area contributed by atoms with E-state index in [1.807, 2.05) is 85.1 Å². The number of nitrogens with one attached hydrogen (secondary N) is 1. The second-order valence-electron chi connectivity index (χ2n) is 7.05. The van der Waals surface area contributed by atoms with E-state index in [-0.39, 0.29) is 0 Å². The maximum atomic E-state index is 6.23. The van der Waals surface area contributed by atoms with Gasteiger partial charge in [-0.05, 0) is 42.0 Å². The first kappa shape index (κ1) is 18.7. The maximum absolute atomic E-state index is 6.23. The van der Waals surface area contributed by atoms with Crippen molar-refractivity contribution in [3.63, 3.8) is 0 Å². The molecule has 0 saturated carbocycles. The summed E-state index contributed by atoms with van der Waals surface area (Å²) >= 11 is 0. The van der Waals surface area contributed by atoms with Gasteiger partial charge in [-0.3, -0.25) is 10.1 Å². The van der Waals surface area contributed by atoms with Crippen LogP contribution in [-0.2, 0) is 0 Å². The molecule has 0 aliphatic carbocycles. The molecule has 5 aromatic rings. The molecule has 6 heteroatoms. The van der Waals surface area contributed by atoms with Gasteiger partial charge in [0.05, 0.1) is 23.7 Å². The molecule has 3 N–H and O–H groups in total. The third-order valence-corrected chi connectivity index (χ3v) is 5.11. The van der Waals surface area contributed by atoms with E-state index >= 15 is 0 Å². The van der Waals surface area contributed by atoms with Crippen molar-refractivity contribution in [2.45, 2.75) is 0 Å². The maximum Gasteiger partial charge on any atom is 0.153 e. The smallest absolute Gasteiger partial charge is 0.153 e. The first-order valence-corrected chi connectivity index (χ1v) is 9.83. The quantitative estimate of drug-likeness (QED) is 0.391. The Labute approximate surface area is 179 Å². The van der Waals surface area contributed by atoms with Gasteiger partial charge in [0.25, 0.3) is 0 Å². The predicted molar refractivity (Wildman–Crippen MR) is 122 cm³/mol. The average Bonchev–Trinajstić information content (AvgIpc) is 3.21. The van der Waals surface area contributed by atoms with E-state index in [1.165, 1.54) is 0 Å². The van der Waals surface area contributed by atoms with Gasteiger partial charge in [0.1, 0.15) is 17.2 Å². The van der Waals surface area contributed by atoms with E-state index in [0.717, 1.165) is 50.5 Å². The number of H-pyrrole nitrogens is 1. The van der Waals surface area contributed by atoms with E-state index in [9.17, 15) is 0 Å². The van der Waals surface area contributed by atoms with Gasteiger partial charge in [-0.15, -0.1) is 0 Å². The largest absolute Gasteiger partial charge is 0.497 e. The number of hydrogen-bond donors (Lipinski definition) is 2. The Balaban J connectivity index is 1.54. The van der Waals surface area contributed by atoms with Crippen molar-refractivity contribution < 1.29 is 9.47 Å². The Morgan fingerprint density at radius 2 is 1.55 bits per heavy atom. The van der Waals surface area contributed by atoms with Gasteiger partial charge in [-0.25, -0.2) is 0 Å². The fraction of sp³-hybridized carbons (Fsp3) is 0.0400. The SMILES string of the molecule is COc1cccc(-c2ncc(-c3ccc(Oc4ccccc4)cc3)c3c(N)n[nH]c23)c1. The highest BCUT2D eigenvalue weighted by molar-refractivity contribution is 6.06. The number of nitrogen functional groups attached to an aromatic ring is 1. The summed E-state index contributed by atoms with van der Waals surface area (Å²) in [6.07, 6.45) is 1.83. The number of anilines is 1. The van der Waals surface area contributed by atoms with E-state index in [1.54, 1.807) is 7.11 Å². The number of aromatic amines is 1. The summed E-state index contributed by atoms with van der Waals surface area (Å²) in [5.41, 5.74) is 10.6. The summed E-state index contributed by atoms with van der Waals surface area (Å²) in [6, 6.07) is 25.3. The van der Waals surface area contributed by atoms with Crippen LogP contribution in [0.3, 0.4) is 0 Å². The predicted octanol–water partition coefficient (Wildman–Crippen LogP) is 5.68. The van der Waals surface area contributed by atoms with Crippen LogP contribution in [0.1, 0.15) is 0 Å². The molecule has 6 nitrogen and oxygen atoms in total. The number of fused-ring (bicyclic) bond motifs is 1. The minimum absolute atomic E-state index is 0.432. The summed E-state index contributed by atoms with van der Waals surface area (Å²) in [5, 5.41) is 8.12. The molecule has 3 aromatic carbocycles. The number of hydrogen-bond acceptors (Lipinski definition) is 5. The van der Waals surface area contributed by atoms with Gasteiger partial charge in [-0.1, -0.05) is 42.5 Å². The van der Waals surface area contributed by atoms with Crippen LogP contribution < -0.4 is 15.2 Å². The highest BCUT2D eigenvalue weighted by atomic mass is 16.5. The van der Waals surface area contributed by atoms with Crippen molar-refractivity contribution in [3.8, 4) is 39.6 Å². The summed E-state index contributed by atoms with van der Waals surface area (Å²) in [7, 11) is 1.64. The summed E-state index contributed by atoms with van der Waals surface area (Å²) in [5.74, 6) is 2.74. The molecule has 0 unspecified atom stereocenters. The first-order chi connectivity index (χ1) is 15.2. The molecule has 2 aromatic heterocycles. The highest BCUT2D eigenvalue weighted by Gasteiger charge is 2.16. The standard InChI is InChI=1S/C25H20N4O2/c1-30-20-9-5-6-17(14-20)23-24-22(25(26)29-28-24)21(15-27-23)16-10-12-19(13-11-16)31-18-7-3-2-4-8-18/h2-15H,1H3,(H3,26,28,29). The molecule has 0 atom stereocenters. The Morgan fingerprint density at radius 1 is 0.806 bits per heavy atom. The van der Waals surface area contributed by atoms with Crippen molar-refractivity contribution in [1.29, 1.82) is 0 Å². The summed E-state index contributed by atoms with van der Waals surface area (Å²) in [6.45, 7) is 0. The fourth-order valence-electron chi connectivity index (χ4n) is 3.59.